The van der Waals surface area contributed by atoms with Crippen LogP contribution in [0.3, 0.4) is 0 Å². The van der Waals surface area contributed by atoms with Crippen molar-refractivity contribution in [2.24, 2.45) is 7.05 Å². The summed E-state index contributed by atoms with van der Waals surface area (Å²) in [5.74, 6) is -0.498. The van der Waals surface area contributed by atoms with Crippen LogP contribution in [0.5, 0.6) is 0 Å². The number of aromatic amines is 1. The molecule has 0 aliphatic rings. The van der Waals surface area contributed by atoms with Crippen molar-refractivity contribution in [3.05, 3.63) is 54.7 Å². The number of hydrogen-bond donors (Lipinski definition) is 2. The van der Waals surface area contributed by atoms with Gasteiger partial charge in [-0.1, -0.05) is 18.2 Å². The molecule has 0 spiro atoms. The normalized spacial score (nSPS) is 12.5. The van der Waals surface area contributed by atoms with Crippen LogP contribution in [0.15, 0.2) is 49.2 Å². The summed E-state index contributed by atoms with van der Waals surface area (Å²) in [4.78, 5) is 28.3. The number of esters is 1. The molecule has 0 aliphatic heterocycles. The molecule has 3 rings (SSSR count). The number of nitrogens with one attached hydrogen (secondary N) is 2. The second kappa shape index (κ2) is 9.02. The van der Waals surface area contributed by atoms with Crippen LogP contribution in [-0.2, 0) is 34.3 Å². The van der Waals surface area contributed by atoms with Crippen molar-refractivity contribution < 1.29 is 23.6 Å². The molecule has 0 saturated carbocycles. The summed E-state index contributed by atoms with van der Waals surface area (Å²) in [6.45, 7) is 6.05. The number of alkyl carbamates (subject to hydrolysis) is 1. The predicted octanol–water partition coefficient (Wildman–Crippen LogP) is 2.47. The van der Waals surface area contributed by atoms with Gasteiger partial charge in [-0.2, -0.15) is 0 Å². The fraction of sp³-hybridized carbons (Fsp3) is 0.409. The first kappa shape index (κ1) is 21.4. The Hall–Kier alpha value is -3.29. The summed E-state index contributed by atoms with van der Waals surface area (Å²) in [5, 5.41) is 3.67. The second-order valence-corrected chi connectivity index (χ2v) is 8.25. The molecule has 0 saturated heterocycles. The zero-order chi connectivity index (χ0) is 21.7. The highest BCUT2D eigenvalue weighted by Gasteiger charge is 2.27. The van der Waals surface area contributed by atoms with Gasteiger partial charge in [0.15, 0.2) is 0 Å². The van der Waals surface area contributed by atoms with Gasteiger partial charge in [0.25, 0.3) is 0 Å². The number of carbonyl (C=O) groups is 2. The monoisotopic (exact) mass is 413 g/mol. The number of imidazole rings is 1. The summed E-state index contributed by atoms with van der Waals surface area (Å²) in [6.07, 6.45) is 7.20. The molecule has 3 aromatic rings. The molecule has 30 heavy (non-hydrogen) atoms. The van der Waals surface area contributed by atoms with Crippen molar-refractivity contribution in [3.8, 4) is 0 Å². The highest BCUT2D eigenvalue weighted by Crippen LogP contribution is 2.19. The van der Waals surface area contributed by atoms with Gasteiger partial charge < -0.3 is 19.8 Å². The van der Waals surface area contributed by atoms with E-state index in [1.165, 1.54) is 0 Å². The van der Waals surface area contributed by atoms with Gasteiger partial charge in [0.05, 0.1) is 7.05 Å². The number of H-pyrrole nitrogens is 1. The van der Waals surface area contributed by atoms with E-state index in [9.17, 15) is 9.59 Å². The Kier molecular flexibility index (Phi) is 6.44. The highest BCUT2D eigenvalue weighted by molar-refractivity contribution is 5.86. The lowest BCUT2D eigenvalue weighted by Crippen LogP contribution is -2.45. The first-order valence-electron chi connectivity index (χ1n) is 9.93. The van der Waals surface area contributed by atoms with Crippen molar-refractivity contribution in [2.45, 2.75) is 45.4 Å². The summed E-state index contributed by atoms with van der Waals surface area (Å²) >= 11 is 0. The molecule has 0 unspecified atom stereocenters. The van der Waals surface area contributed by atoms with E-state index in [2.05, 4.69) is 10.3 Å². The summed E-state index contributed by atoms with van der Waals surface area (Å²) in [6, 6.07) is 6.95. The fourth-order valence-electron chi connectivity index (χ4n) is 3.15. The molecule has 8 heteroatoms. The molecule has 1 aromatic carbocycles. The zero-order valence-electron chi connectivity index (χ0n) is 17.8. The van der Waals surface area contributed by atoms with Gasteiger partial charge in [0.2, 0.25) is 6.33 Å². The average molecular weight is 413 g/mol. The van der Waals surface area contributed by atoms with Gasteiger partial charge in [-0.3, -0.25) is 0 Å². The molecule has 0 fully saturated rings. The number of rotatable bonds is 7. The molecule has 2 N–H and O–H groups in total. The third-order valence-electron chi connectivity index (χ3n) is 4.49. The van der Waals surface area contributed by atoms with E-state index >= 15 is 0 Å². The topological polar surface area (TPSA) is 89.2 Å². The summed E-state index contributed by atoms with van der Waals surface area (Å²) in [7, 11) is 1.92. The van der Waals surface area contributed by atoms with E-state index in [0.717, 1.165) is 16.5 Å². The van der Waals surface area contributed by atoms with Crippen molar-refractivity contribution in [3.63, 3.8) is 0 Å². The van der Waals surface area contributed by atoms with Crippen molar-refractivity contribution in [1.29, 1.82) is 0 Å². The van der Waals surface area contributed by atoms with Gasteiger partial charge in [-0.25, -0.2) is 18.7 Å². The Labute approximate surface area is 175 Å². The van der Waals surface area contributed by atoms with Gasteiger partial charge in [0.1, 0.15) is 37.2 Å². The molecule has 2 heterocycles. The van der Waals surface area contributed by atoms with Crippen LogP contribution in [0.1, 0.15) is 26.3 Å². The third-order valence-corrected chi connectivity index (χ3v) is 4.49. The lowest BCUT2D eigenvalue weighted by molar-refractivity contribution is -0.671. The maximum Gasteiger partial charge on any atom is 0.408 e. The van der Waals surface area contributed by atoms with Crippen LogP contribution in [0.25, 0.3) is 10.9 Å². The first-order valence-corrected chi connectivity index (χ1v) is 9.93. The minimum Gasteiger partial charge on any atom is -0.460 e. The van der Waals surface area contributed by atoms with E-state index in [0.29, 0.717) is 13.0 Å². The van der Waals surface area contributed by atoms with Crippen LogP contribution in [0.2, 0.25) is 0 Å². The number of nitrogens with zero attached hydrogens (tertiary/aromatic N) is 2. The van der Waals surface area contributed by atoms with E-state index in [1.54, 1.807) is 20.8 Å². The number of carbonyl (C=O) groups excluding carboxylic acids is 2. The standard InChI is InChI=1S/C22H28N4O4/c1-22(2,3)30-21(28)24-19(13-16-14-23-18-8-6-5-7-17(16)18)20(27)29-12-11-26-10-9-25(4)15-26/h5-10,14-15,19,23H,11-13H2,1-4H3/p+1/t19-/m0/s1. The molecule has 160 valence electrons. The highest BCUT2D eigenvalue weighted by atomic mass is 16.6. The Morgan fingerprint density at radius 1 is 1.27 bits per heavy atom. The smallest absolute Gasteiger partial charge is 0.408 e. The first-order chi connectivity index (χ1) is 14.2. The summed E-state index contributed by atoms with van der Waals surface area (Å²) in [5.41, 5.74) is 1.22. The molecule has 2 aromatic heterocycles. The van der Waals surface area contributed by atoms with Crippen molar-refractivity contribution in [2.75, 3.05) is 6.61 Å². The van der Waals surface area contributed by atoms with Crippen LogP contribution in [-0.4, -0.2) is 39.9 Å². The minimum atomic E-state index is -0.861. The van der Waals surface area contributed by atoms with Crippen LogP contribution in [0, 0.1) is 0 Å². The van der Waals surface area contributed by atoms with Gasteiger partial charge in [-0.05, 0) is 32.4 Å². The number of benzene rings is 1. The number of fused-ring (bicyclic) bond motifs is 1. The Balaban J connectivity index is 1.69. The second-order valence-electron chi connectivity index (χ2n) is 8.25. The van der Waals surface area contributed by atoms with Crippen molar-refractivity contribution >= 4 is 23.0 Å². The number of amides is 1. The zero-order valence-corrected chi connectivity index (χ0v) is 17.8. The molecule has 0 aliphatic carbocycles. The predicted molar refractivity (Wildman–Crippen MR) is 112 cm³/mol. The van der Waals surface area contributed by atoms with E-state index in [-0.39, 0.29) is 6.61 Å². The van der Waals surface area contributed by atoms with Gasteiger partial charge >= 0.3 is 12.1 Å². The maximum absolute atomic E-state index is 12.8. The van der Waals surface area contributed by atoms with Gasteiger partial charge in [-0.15, -0.1) is 0 Å². The average Bonchev–Trinajstić information content (AvgIpc) is 3.26. The quantitative estimate of drug-likeness (QED) is 0.460. The SMILES string of the molecule is C[n+]1ccn(CCOC(=O)[C@H](Cc2c[nH]c3ccccc23)NC(=O)OC(C)(C)C)c1. The van der Waals surface area contributed by atoms with Crippen molar-refractivity contribution in [1.82, 2.24) is 14.9 Å². The molecular weight excluding hydrogens is 384 g/mol. The number of para-hydroxylation sites is 1. The van der Waals surface area contributed by atoms with Crippen LogP contribution < -0.4 is 9.88 Å². The lowest BCUT2D eigenvalue weighted by Gasteiger charge is -2.23. The molecule has 1 atom stereocenters. The minimum absolute atomic E-state index is 0.202. The van der Waals surface area contributed by atoms with Crippen LogP contribution >= 0.6 is 0 Å². The number of aromatic nitrogens is 3. The van der Waals surface area contributed by atoms with Crippen LogP contribution in [0.4, 0.5) is 4.79 Å². The van der Waals surface area contributed by atoms with E-state index in [4.69, 9.17) is 9.47 Å². The molecule has 0 radical (unpaired) electrons. The van der Waals surface area contributed by atoms with Gasteiger partial charge in [0, 0.05) is 23.5 Å². The number of aryl methyl sites for hydroxylation is 1. The molecule has 1 amide bonds. The third kappa shape index (κ3) is 5.85. The molecular formula is C22H29N4O4+. The largest absolute Gasteiger partial charge is 0.460 e. The number of hydrogen-bond acceptors (Lipinski definition) is 4. The molecule has 8 nitrogen and oxygen atoms in total. The number of ether oxygens (including phenoxy) is 2. The Morgan fingerprint density at radius 3 is 2.73 bits per heavy atom. The Morgan fingerprint density at radius 2 is 2.03 bits per heavy atom. The lowest BCUT2D eigenvalue weighted by atomic mass is 10.1. The maximum atomic E-state index is 12.8. The van der Waals surface area contributed by atoms with E-state index < -0.39 is 23.7 Å². The fourth-order valence-corrected chi connectivity index (χ4v) is 3.15. The molecule has 0 bridgehead atoms. The summed E-state index contributed by atoms with van der Waals surface area (Å²) < 4.78 is 14.6. The van der Waals surface area contributed by atoms with E-state index in [1.807, 2.05) is 65.4 Å². The Bertz CT molecular complexity index is 1020.